The number of rotatable bonds is 5. The quantitative estimate of drug-likeness (QED) is 0.839. The Morgan fingerprint density at radius 1 is 0.952 bits per heavy atom. The number of aryl methyl sites for hydroxylation is 3. The molecule has 0 heterocycles. The highest BCUT2D eigenvalue weighted by molar-refractivity contribution is 5.38. The highest BCUT2D eigenvalue weighted by atomic mass is 19.1. The van der Waals surface area contributed by atoms with E-state index in [9.17, 15) is 4.39 Å². The molecule has 21 heavy (non-hydrogen) atoms. The minimum atomic E-state index is -0.102. The van der Waals surface area contributed by atoms with E-state index in [2.05, 4.69) is 43.4 Å². The third-order valence-corrected chi connectivity index (χ3v) is 3.92. The molecule has 0 aliphatic carbocycles. The van der Waals surface area contributed by atoms with Crippen LogP contribution in [-0.2, 0) is 6.42 Å². The molecule has 112 valence electrons. The first kappa shape index (κ1) is 15.7. The van der Waals surface area contributed by atoms with Gasteiger partial charge in [-0.2, -0.15) is 0 Å². The maximum absolute atomic E-state index is 13.8. The first-order valence-corrected chi connectivity index (χ1v) is 7.65. The van der Waals surface area contributed by atoms with Crippen LogP contribution >= 0.6 is 0 Å². The molecule has 0 aliphatic heterocycles. The summed E-state index contributed by atoms with van der Waals surface area (Å²) in [6, 6.07) is 12.7. The van der Waals surface area contributed by atoms with Gasteiger partial charge in [-0.1, -0.05) is 50.2 Å². The number of hydrogen-bond donors (Lipinski definition) is 1. The van der Waals surface area contributed by atoms with Gasteiger partial charge in [0, 0.05) is 0 Å². The van der Waals surface area contributed by atoms with Crippen LogP contribution in [0.15, 0.2) is 36.4 Å². The standard InChI is InChI=1S/C19H24FN/c1-5-15-7-9-16(10-8-15)19(21-6-2)17-11-13(3)18(20)14(4)12-17/h7-12,19,21H,5-6H2,1-4H3. The number of halogens is 1. The number of benzene rings is 2. The van der Waals surface area contributed by atoms with Crippen molar-refractivity contribution in [3.63, 3.8) is 0 Å². The van der Waals surface area contributed by atoms with Crippen molar-refractivity contribution in [3.05, 3.63) is 70.0 Å². The smallest absolute Gasteiger partial charge is 0.129 e. The molecule has 2 aromatic carbocycles. The molecule has 0 saturated carbocycles. The van der Waals surface area contributed by atoms with E-state index < -0.39 is 0 Å². The van der Waals surface area contributed by atoms with Crippen molar-refractivity contribution in [2.75, 3.05) is 6.54 Å². The van der Waals surface area contributed by atoms with E-state index in [0.717, 1.165) is 18.5 Å². The second-order valence-electron chi connectivity index (χ2n) is 5.55. The molecule has 1 atom stereocenters. The molecule has 1 N–H and O–H groups in total. The molecule has 0 bridgehead atoms. The van der Waals surface area contributed by atoms with Gasteiger partial charge in [0.2, 0.25) is 0 Å². The van der Waals surface area contributed by atoms with E-state index in [0.29, 0.717) is 11.1 Å². The van der Waals surface area contributed by atoms with Gasteiger partial charge >= 0.3 is 0 Å². The summed E-state index contributed by atoms with van der Waals surface area (Å²) in [5.74, 6) is -0.102. The van der Waals surface area contributed by atoms with Crippen LogP contribution < -0.4 is 5.32 Å². The van der Waals surface area contributed by atoms with Crippen molar-refractivity contribution in [3.8, 4) is 0 Å². The van der Waals surface area contributed by atoms with Gasteiger partial charge in [-0.05, 0) is 54.6 Å². The van der Waals surface area contributed by atoms with Crippen molar-refractivity contribution in [2.45, 2.75) is 40.2 Å². The molecular formula is C19H24FN. The Kier molecular flexibility index (Phi) is 5.13. The first-order chi connectivity index (χ1) is 10.1. The molecule has 0 spiro atoms. The Morgan fingerprint density at radius 3 is 2.00 bits per heavy atom. The highest BCUT2D eigenvalue weighted by Crippen LogP contribution is 2.26. The Hall–Kier alpha value is -1.67. The van der Waals surface area contributed by atoms with Crippen molar-refractivity contribution < 1.29 is 4.39 Å². The number of hydrogen-bond acceptors (Lipinski definition) is 1. The second-order valence-corrected chi connectivity index (χ2v) is 5.55. The SMILES string of the molecule is CCNC(c1ccc(CC)cc1)c1cc(C)c(F)c(C)c1. The number of nitrogens with one attached hydrogen (secondary N) is 1. The van der Waals surface area contributed by atoms with Crippen LogP contribution in [0.4, 0.5) is 4.39 Å². The fourth-order valence-corrected chi connectivity index (χ4v) is 2.72. The van der Waals surface area contributed by atoms with Gasteiger partial charge in [0.1, 0.15) is 5.82 Å². The van der Waals surface area contributed by atoms with Crippen LogP contribution in [0.5, 0.6) is 0 Å². The van der Waals surface area contributed by atoms with Crippen molar-refractivity contribution in [2.24, 2.45) is 0 Å². The third kappa shape index (κ3) is 3.51. The van der Waals surface area contributed by atoms with E-state index in [1.165, 1.54) is 11.1 Å². The predicted molar refractivity (Wildman–Crippen MR) is 87.2 cm³/mol. The zero-order chi connectivity index (χ0) is 15.4. The lowest BCUT2D eigenvalue weighted by Crippen LogP contribution is -2.22. The summed E-state index contributed by atoms with van der Waals surface area (Å²) >= 11 is 0. The lowest BCUT2D eigenvalue weighted by atomic mass is 9.94. The molecular weight excluding hydrogens is 261 g/mol. The summed E-state index contributed by atoms with van der Waals surface area (Å²) in [4.78, 5) is 0. The zero-order valence-electron chi connectivity index (χ0n) is 13.3. The van der Waals surface area contributed by atoms with E-state index >= 15 is 0 Å². The van der Waals surface area contributed by atoms with Gasteiger partial charge < -0.3 is 5.32 Å². The molecule has 0 aromatic heterocycles. The van der Waals surface area contributed by atoms with Crippen LogP contribution in [-0.4, -0.2) is 6.54 Å². The lowest BCUT2D eigenvalue weighted by Gasteiger charge is -2.21. The Morgan fingerprint density at radius 2 is 1.52 bits per heavy atom. The summed E-state index contributed by atoms with van der Waals surface area (Å²) in [6.07, 6.45) is 1.04. The monoisotopic (exact) mass is 285 g/mol. The van der Waals surface area contributed by atoms with Crippen LogP contribution in [0.1, 0.15) is 47.7 Å². The first-order valence-electron chi connectivity index (χ1n) is 7.65. The van der Waals surface area contributed by atoms with Gasteiger partial charge in [0.25, 0.3) is 0 Å². The van der Waals surface area contributed by atoms with Crippen LogP contribution in [0, 0.1) is 19.7 Å². The second kappa shape index (κ2) is 6.86. The molecule has 0 saturated heterocycles. The summed E-state index contributed by atoms with van der Waals surface area (Å²) in [5, 5.41) is 3.50. The largest absolute Gasteiger partial charge is 0.307 e. The normalized spacial score (nSPS) is 12.4. The lowest BCUT2D eigenvalue weighted by molar-refractivity contribution is 0.598. The van der Waals surface area contributed by atoms with E-state index in [1.54, 1.807) is 0 Å². The molecule has 0 amide bonds. The maximum Gasteiger partial charge on any atom is 0.129 e. The van der Waals surface area contributed by atoms with Gasteiger partial charge in [0.05, 0.1) is 6.04 Å². The fourth-order valence-electron chi connectivity index (χ4n) is 2.72. The maximum atomic E-state index is 13.8. The molecule has 2 aromatic rings. The topological polar surface area (TPSA) is 12.0 Å². The van der Waals surface area contributed by atoms with E-state index in [-0.39, 0.29) is 11.9 Å². The van der Waals surface area contributed by atoms with Crippen LogP contribution in [0.3, 0.4) is 0 Å². The van der Waals surface area contributed by atoms with Crippen LogP contribution in [0.25, 0.3) is 0 Å². The van der Waals surface area contributed by atoms with Crippen molar-refractivity contribution in [1.29, 1.82) is 0 Å². The van der Waals surface area contributed by atoms with Crippen molar-refractivity contribution >= 4 is 0 Å². The molecule has 2 rings (SSSR count). The van der Waals surface area contributed by atoms with Gasteiger partial charge in [-0.25, -0.2) is 4.39 Å². The highest BCUT2D eigenvalue weighted by Gasteiger charge is 2.15. The molecule has 1 unspecified atom stereocenters. The molecule has 0 fully saturated rings. The molecule has 2 heteroatoms. The summed E-state index contributed by atoms with van der Waals surface area (Å²) in [7, 11) is 0. The minimum absolute atomic E-state index is 0.102. The third-order valence-electron chi connectivity index (χ3n) is 3.92. The Labute approximate surface area is 127 Å². The Balaban J connectivity index is 2.42. The zero-order valence-corrected chi connectivity index (χ0v) is 13.3. The Bertz CT molecular complexity index is 578. The average Bonchev–Trinajstić information content (AvgIpc) is 2.50. The molecule has 1 nitrogen and oxygen atoms in total. The minimum Gasteiger partial charge on any atom is -0.307 e. The van der Waals surface area contributed by atoms with Gasteiger partial charge in [0.15, 0.2) is 0 Å². The van der Waals surface area contributed by atoms with E-state index in [4.69, 9.17) is 0 Å². The van der Waals surface area contributed by atoms with Crippen molar-refractivity contribution in [1.82, 2.24) is 5.32 Å². The fraction of sp³-hybridized carbons (Fsp3) is 0.368. The summed E-state index contributed by atoms with van der Waals surface area (Å²) < 4.78 is 13.8. The van der Waals surface area contributed by atoms with Gasteiger partial charge in [-0.3, -0.25) is 0 Å². The summed E-state index contributed by atoms with van der Waals surface area (Å²) in [5.41, 5.74) is 5.09. The van der Waals surface area contributed by atoms with Gasteiger partial charge in [-0.15, -0.1) is 0 Å². The van der Waals surface area contributed by atoms with E-state index in [1.807, 2.05) is 26.0 Å². The summed E-state index contributed by atoms with van der Waals surface area (Å²) in [6.45, 7) is 8.78. The predicted octanol–water partition coefficient (Wildman–Crippen LogP) is 4.70. The molecule has 0 aliphatic rings. The average molecular weight is 285 g/mol. The molecule has 0 radical (unpaired) electrons. The van der Waals surface area contributed by atoms with Crippen LogP contribution in [0.2, 0.25) is 0 Å².